The molecule has 0 unspecified atom stereocenters. The molecule has 0 bridgehead atoms. The van der Waals surface area contributed by atoms with Crippen molar-refractivity contribution in [3.63, 3.8) is 0 Å². The van der Waals surface area contributed by atoms with Gasteiger partial charge in [0.1, 0.15) is 12.1 Å². The minimum Gasteiger partial charge on any atom is -0.460 e. The van der Waals surface area contributed by atoms with E-state index in [0.29, 0.717) is 17.0 Å². The number of aromatic nitrogens is 3. The summed E-state index contributed by atoms with van der Waals surface area (Å²) in [5, 5.41) is 4.21. The lowest BCUT2D eigenvalue weighted by Crippen LogP contribution is -2.08. The van der Waals surface area contributed by atoms with Crippen molar-refractivity contribution in [3.8, 4) is 11.4 Å². The number of benzene rings is 1. The van der Waals surface area contributed by atoms with Crippen molar-refractivity contribution in [3.05, 3.63) is 60.7 Å². The topological polar surface area (TPSA) is 57.0 Å². The Morgan fingerprint density at radius 2 is 2.19 bits per heavy atom. The maximum Gasteiger partial charge on any atom is 0.332 e. The first-order valence-corrected chi connectivity index (χ1v) is 8.37. The summed E-state index contributed by atoms with van der Waals surface area (Å²) in [5.41, 5.74) is 1.78. The van der Waals surface area contributed by atoms with Crippen LogP contribution in [0.1, 0.15) is 32.8 Å². The highest BCUT2D eigenvalue weighted by Gasteiger charge is 2.10. The molecule has 0 fully saturated rings. The number of carbonyl (C=O) groups excluding carboxylic acids is 1. The molecule has 6 heteroatoms. The first kappa shape index (κ1) is 19.3. The Balaban J connectivity index is 2.20. The minimum atomic E-state index is -0.466. The van der Waals surface area contributed by atoms with Crippen LogP contribution in [0.5, 0.6) is 0 Å². The molecule has 1 aromatic heterocycles. The van der Waals surface area contributed by atoms with E-state index in [4.69, 9.17) is 4.74 Å². The lowest BCUT2D eigenvalue weighted by atomic mass is 10.0. The fraction of sp³-hybridized carbons (Fsp3) is 0.250. The van der Waals surface area contributed by atoms with Crippen molar-refractivity contribution in [2.75, 3.05) is 0 Å². The third-order valence-corrected chi connectivity index (χ3v) is 3.41. The van der Waals surface area contributed by atoms with Gasteiger partial charge in [-0.3, -0.25) is 0 Å². The summed E-state index contributed by atoms with van der Waals surface area (Å²) in [7, 11) is 0. The summed E-state index contributed by atoms with van der Waals surface area (Å²) in [4.78, 5) is 15.6. The van der Waals surface area contributed by atoms with Crippen molar-refractivity contribution < 1.29 is 13.9 Å². The van der Waals surface area contributed by atoms with Crippen LogP contribution in [-0.2, 0) is 9.53 Å². The number of allylic oxidation sites excluding steroid dienone is 3. The highest BCUT2D eigenvalue weighted by molar-refractivity contribution is 5.85. The van der Waals surface area contributed by atoms with Gasteiger partial charge in [-0.25, -0.2) is 18.9 Å². The predicted molar refractivity (Wildman–Crippen MR) is 100 cm³/mol. The van der Waals surface area contributed by atoms with Crippen molar-refractivity contribution in [1.29, 1.82) is 0 Å². The standard InChI is InChI=1S/C20H22FN3O2/c1-5-7-15(6-2)17-9-8-16(12-18(17)21)20-22-13-24(23-20)11-10-19(25)26-14(3)4/h6-14H,2,5H2,1,3-4H3. The van der Waals surface area contributed by atoms with Gasteiger partial charge in [0.2, 0.25) is 0 Å². The summed E-state index contributed by atoms with van der Waals surface area (Å²) in [6.07, 6.45) is 8.28. The first-order chi connectivity index (χ1) is 12.4. The molecule has 2 aromatic rings. The molecule has 26 heavy (non-hydrogen) atoms. The molecule has 0 amide bonds. The third kappa shape index (κ3) is 4.99. The van der Waals surface area contributed by atoms with E-state index < -0.39 is 5.97 Å². The van der Waals surface area contributed by atoms with E-state index in [9.17, 15) is 9.18 Å². The number of esters is 1. The number of rotatable bonds is 7. The largest absolute Gasteiger partial charge is 0.460 e. The van der Waals surface area contributed by atoms with E-state index >= 15 is 0 Å². The number of nitrogens with zero attached hydrogens (tertiary/aromatic N) is 3. The van der Waals surface area contributed by atoms with E-state index in [2.05, 4.69) is 16.7 Å². The summed E-state index contributed by atoms with van der Waals surface area (Å²) in [6.45, 7) is 9.25. The quantitative estimate of drug-likeness (QED) is 0.417. The zero-order chi connectivity index (χ0) is 19.1. The van der Waals surface area contributed by atoms with Crippen LogP contribution in [-0.4, -0.2) is 26.8 Å². The van der Waals surface area contributed by atoms with Gasteiger partial charge in [0.15, 0.2) is 5.82 Å². The van der Waals surface area contributed by atoms with Crippen LogP contribution in [0.25, 0.3) is 23.2 Å². The van der Waals surface area contributed by atoms with E-state index in [1.165, 1.54) is 29.4 Å². The molecule has 136 valence electrons. The van der Waals surface area contributed by atoms with Gasteiger partial charge in [-0.05, 0) is 31.9 Å². The zero-order valence-corrected chi connectivity index (χ0v) is 15.1. The summed E-state index contributed by atoms with van der Waals surface area (Å²) in [6, 6.07) is 4.82. The lowest BCUT2D eigenvalue weighted by molar-refractivity contribution is -0.141. The van der Waals surface area contributed by atoms with Gasteiger partial charge in [0.05, 0.1) is 6.10 Å². The van der Waals surface area contributed by atoms with Gasteiger partial charge in [-0.2, -0.15) is 0 Å². The average Bonchev–Trinajstić information content (AvgIpc) is 3.06. The van der Waals surface area contributed by atoms with Crippen molar-refractivity contribution in [2.24, 2.45) is 0 Å². The van der Waals surface area contributed by atoms with Gasteiger partial charge >= 0.3 is 5.97 Å². The van der Waals surface area contributed by atoms with Crippen molar-refractivity contribution in [2.45, 2.75) is 33.3 Å². The number of ether oxygens (including phenoxy) is 1. The molecule has 0 spiro atoms. The normalized spacial score (nSPS) is 12.0. The molecule has 1 aromatic carbocycles. The summed E-state index contributed by atoms with van der Waals surface area (Å²) >= 11 is 0. The van der Waals surface area contributed by atoms with Gasteiger partial charge < -0.3 is 4.74 Å². The summed E-state index contributed by atoms with van der Waals surface area (Å²) in [5.74, 6) is -0.474. The van der Waals surface area contributed by atoms with Crippen molar-refractivity contribution in [1.82, 2.24) is 14.8 Å². The molecule has 0 aliphatic carbocycles. The van der Waals surface area contributed by atoms with E-state index in [-0.39, 0.29) is 11.9 Å². The minimum absolute atomic E-state index is 0.192. The molecule has 0 atom stereocenters. The molecule has 0 radical (unpaired) electrons. The van der Waals surface area contributed by atoms with Crippen molar-refractivity contribution >= 4 is 17.7 Å². The Morgan fingerprint density at radius 3 is 2.81 bits per heavy atom. The first-order valence-electron chi connectivity index (χ1n) is 8.37. The molecular weight excluding hydrogens is 333 g/mol. The molecular formula is C20H22FN3O2. The van der Waals surface area contributed by atoms with Crippen LogP contribution >= 0.6 is 0 Å². The van der Waals surface area contributed by atoms with Crippen LogP contribution in [0, 0.1) is 5.82 Å². The second kappa shape index (κ2) is 8.89. The van der Waals surface area contributed by atoms with E-state index in [1.807, 2.05) is 13.0 Å². The highest BCUT2D eigenvalue weighted by atomic mass is 19.1. The molecule has 2 rings (SSSR count). The number of halogens is 1. The SMILES string of the molecule is C=CC(=CCC)c1ccc(-c2ncn(C=CC(=O)OC(C)C)n2)cc1F. The smallest absolute Gasteiger partial charge is 0.332 e. The Labute approximate surface area is 152 Å². The monoisotopic (exact) mass is 355 g/mol. The lowest BCUT2D eigenvalue weighted by Gasteiger charge is -2.05. The Kier molecular flexibility index (Phi) is 6.60. The Hall–Kier alpha value is -3.02. The maximum atomic E-state index is 14.5. The van der Waals surface area contributed by atoms with E-state index in [1.54, 1.807) is 32.1 Å². The number of carbonyl (C=O) groups is 1. The third-order valence-electron chi connectivity index (χ3n) is 3.41. The zero-order valence-electron chi connectivity index (χ0n) is 15.1. The highest BCUT2D eigenvalue weighted by Crippen LogP contribution is 2.24. The Bertz CT molecular complexity index is 850. The molecule has 0 saturated heterocycles. The van der Waals surface area contributed by atoms with Gasteiger partial charge in [-0.15, -0.1) is 5.10 Å². The van der Waals surface area contributed by atoms with Crippen LogP contribution in [0.15, 0.2) is 49.3 Å². The van der Waals surface area contributed by atoms with Crippen LogP contribution in [0.3, 0.4) is 0 Å². The maximum absolute atomic E-state index is 14.5. The van der Waals surface area contributed by atoms with Gasteiger partial charge in [0.25, 0.3) is 0 Å². The molecule has 1 heterocycles. The van der Waals surface area contributed by atoms with Gasteiger partial charge in [-0.1, -0.05) is 37.8 Å². The predicted octanol–water partition coefficient (Wildman–Crippen LogP) is 4.49. The van der Waals surface area contributed by atoms with Crippen LogP contribution in [0.2, 0.25) is 0 Å². The molecule has 0 saturated carbocycles. The van der Waals surface area contributed by atoms with Crippen LogP contribution < -0.4 is 0 Å². The van der Waals surface area contributed by atoms with Crippen LogP contribution in [0.4, 0.5) is 4.39 Å². The Morgan fingerprint density at radius 1 is 1.42 bits per heavy atom. The second-order valence-electron chi connectivity index (χ2n) is 5.82. The average molecular weight is 355 g/mol. The fourth-order valence-corrected chi connectivity index (χ4v) is 2.30. The molecule has 0 aliphatic heterocycles. The number of hydrogen-bond acceptors (Lipinski definition) is 4. The second-order valence-corrected chi connectivity index (χ2v) is 5.82. The fourth-order valence-electron chi connectivity index (χ4n) is 2.30. The number of hydrogen-bond donors (Lipinski definition) is 0. The molecule has 0 N–H and O–H groups in total. The molecule has 5 nitrogen and oxygen atoms in total. The van der Waals surface area contributed by atoms with E-state index in [0.717, 1.165) is 12.0 Å². The summed E-state index contributed by atoms with van der Waals surface area (Å²) < 4.78 is 20.8. The molecule has 0 aliphatic rings. The van der Waals surface area contributed by atoms with Gasteiger partial charge in [0, 0.05) is 23.4 Å².